The van der Waals surface area contributed by atoms with E-state index in [9.17, 15) is 14.0 Å². The number of carbonyl (C=O) groups excluding carboxylic acids is 2. The van der Waals surface area contributed by atoms with Crippen molar-refractivity contribution in [1.29, 1.82) is 0 Å². The van der Waals surface area contributed by atoms with Crippen LogP contribution in [0, 0.1) is 5.82 Å². The first kappa shape index (κ1) is 21.5. The van der Waals surface area contributed by atoms with Gasteiger partial charge in [-0.3, -0.25) is 14.5 Å². The lowest BCUT2D eigenvalue weighted by Crippen LogP contribution is -2.49. The summed E-state index contributed by atoms with van der Waals surface area (Å²) in [5.74, 6) is 0.325. The van der Waals surface area contributed by atoms with Crippen LogP contribution in [-0.4, -0.2) is 24.2 Å². The Morgan fingerprint density at radius 2 is 1.73 bits per heavy atom. The highest BCUT2D eigenvalue weighted by atomic mass is 32.2. The van der Waals surface area contributed by atoms with Crippen molar-refractivity contribution in [1.82, 2.24) is 0 Å². The van der Waals surface area contributed by atoms with Gasteiger partial charge in [-0.25, -0.2) is 4.39 Å². The molecule has 2 heterocycles. The Balaban J connectivity index is 1.55. The normalized spacial score (nSPS) is 19.5. The van der Waals surface area contributed by atoms with Crippen LogP contribution in [0.5, 0.6) is 5.75 Å². The Hall–Kier alpha value is -3.32. The number of amides is 2. The van der Waals surface area contributed by atoms with E-state index in [0.29, 0.717) is 18.8 Å². The molecule has 0 aliphatic carbocycles. The highest BCUT2D eigenvalue weighted by Crippen LogP contribution is 2.56. The van der Waals surface area contributed by atoms with Crippen molar-refractivity contribution in [2.75, 3.05) is 22.2 Å². The monoisotopic (exact) mass is 462 g/mol. The van der Waals surface area contributed by atoms with E-state index in [0.717, 1.165) is 29.0 Å². The highest BCUT2D eigenvalue weighted by molar-refractivity contribution is 8.02. The van der Waals surface area contributed by atoms with E-state index in [1.54, 1.807) is 21.9 Å². The molecule has 7 heteroatoms. The Bertz CT molecular complexity index is 1200. The second kappa shape index (κ2) is 8.56. The number of ether oxygens (including phenoxy) is 1. The smallest absolute Gasteiger partial charge is 0.269 e. The van der Waals surface area contributed by atoms with E-state index in [2.05, 4.69) is 0 Å². The van der Waals surface area contributed by atoms with Crippen molar-refractivity contribution in [3.05, 3.63) is 89.7 Å². The number of carbonyl (C=O) groups is 2. The van der Waals surface area contributed by atoms with Crippen molar-refractivity contribution >= 4 is 35.0 Å². The van der Waals surface area contributed by atoms with E-state index in [1.807, 2.05) is 55.5 Å². The molecular formula is C26H23FN2O3S. The van der Waals surface area contributed by atoms with Gasteiger partial charge < -0.3 is 9.64 Å². The second-order valence-corrected chi connectivity index (χ2v) is 9.21. The second-order valence-electron chi connectivity index (χ2n) is 8.04. The maximum atomic E-state index is 14.0. The first-order valence-electron chi connectivity index (χ1n) is 10.9. The average molecular weight is 463 g/mol. The Morgan fingerprint density at radius 3 is 2.45 bits per heavy atom. The standard InChI is InChI=1S/C26H23FN2O3S/c1-2-15-32-21-13-11-20(12-14-21)29-24(30)17-33-26(29)22-5-3-4-6-23(22)28(25(26)31)16-18-7-9-19(27)10-8-18/h3-14H,2,15-17H2,1H3. The number of thioether (sulfide) groups is 1. The minimum atomic E-state index is -1.17. The number of rotatable bonds is 6. The minimum absolute atomic E-state index is 0.117. The van der Waals surface area contributed by atoms with Crippen LogP contribution in [0.2, 0.25) is 0 Å². The maximum Gasteiger partial charge on any atom is 0.269 e. The van der Waals surface area contributed by atoms with Crippen molar-refractivity contribution in [3.8, 4) is 5.75 Å². The maximum absolute atomic E-state index is 14.0. The number of halogens is 1. The largest absolute Gasteiger partial charge is 0.494 e. The number of nitrogens with zero attached hydrogens (tertiary/aromatic N) is 2. The first-order valence-corrected chi connectivity index (χ1v) is 11.9. The van der Waals surface area contributed by atoms with Crippen LogP contribution in [0.3, 0.4) is 0 Å². The zero-order chi connectivity index (χ0) is 23.0. The molecule has 5 nitrogen and oxygen atoms in total. The molecule has 2 amide bonds. The fourth-order valence-electron chi connectivity index (χ4n) is 4.40. The molecule has 0 N–H and O–H groups in total. The summed E-state index contributed by atoms with van der Waals surface area (Å²) in [6.07, 6.45) is 0.904. The Kier molecular flexibility index (Phi) is 5.58. The molecule has 5 rings (SSSR count). The summed E-state index contributed by atoms with van der Waals surface area (Å²) >= 11 is 1.34. The van der Waals surface area contributed by atoms with Gasteiger partial charge in [0.05, 0.1) is 24.6 Å². The molecule has 33 heavy (non-hydrogen) atoms. The number of anilines is 2. The summed E-state index contributed by atoms with van der Waals surface area (Å²) in [7, 11) is 0. The van der Waals surface area contributed by atoms with Crippen molar-refractivity contribution in [2.45, 2.75) is 24.8 Å². The number of fused-ring (bicyclic) bond motifs is 2. The SMILES string of the molecule is CCCOc1ccc(N2C(=O)CSC23C(=O)N(Cc2ccc(F)cc2)c2ccccc23)cc1. The predicted molar refractivity (Wildman–Crippen MR) is 128 cm³/mol. The topological polar surface area (TPSA) is 49.9 Å². The summed E-state index contributed by atoms with van der Waals surface area (Å²) in [6, 6.07) is 21.0. The fraction of sp³-hybridized carbons (Fsp3) is 0.231. The van der Waals surface area contributed by atoms with Gasteiger partial charge in [0.1, 0.15) is 11.6 Å². The molecule has 3 aromatic carbocycles. The van der Waals surface area contributed by atoms with E-state index in [-0.39, 0.29) is 23.4 Å². The number of para-hydroxylation sites is 1. The van der Waals surface area contributed by atoms with Gasteiger partial charge in [0.25, 0.3) is 5.91 Å². The van der Waals surface area contributed by atoms with Crippen LogP contribution >= 0.6 is 11.8 Å². The molecule has 0 bridgehead atoms. The molecule has 1 fully saturated rings. The van der Waals surface area contributed by atoms with E-state index in [1.165, 1.54) is 23.9 Å². The zero-order valence-corrected chi connectivity index (χ0v) is 19.0. The zero-order valence-electron chi connectivity index (χ0n) is 18.2. The lowest BCUT2D eigenvalue weighted by atomic mass is 10.0. The number of hydrogen-bond acceptors (Lipinski definition) is 4. The predicted octanol–water partition coefficient (Wildman–Crippen LogP) is 5.09. The summed E-state index contributed by atoms with van der Waals surface area (Å²) < 4.78 is 19.1. The molecule has 168 valence electrons. The minimum Gasteiger partial charge on any atom is -0.494 e. The van der Waals surface area contributed by atoms with Crippen molar-refractivity contribution in [3.63, 3.8) is 0 Å². The van der Waals surface area contributed by atoms with Gasteiger partial charge in [-0.15, -0.1) is 11.8 Å². The lowest BCUT2D eigenvalue weighted by Gasteiger charge is -2.33. The van der Waals surface area contributed by atoms with Gasteiger partial charge in [0, 0.05) is 11.3 Å². The molecule has 0 saturated carbocycles. The lowest BCUT2D eigenvalue weighted by molar-refractivity contribution is -0.123. The van der Waals surface area contributed by atoms with E-state index in [4.69, 9.17) is 4.74 Å². The third kappa shape index (κ3) is 3.56. The van der Waals surface area contributed by atoms with Gasteiger partial charge in [-0.2, -0.15) is 0 Å². The van der Waals surface area contributed by atoms with E-state index >= 15 is 0 Å². The summed E-state index contributed by atoms with van der Waals surface area (Å²) in [5, 5.41) is 0. The molecule has 0 aromatic heterocycles. The van der Waals surface area contributed by atoms with Crippen LogP contribution in [0.25, 0.3) is 0 Å². The Labute approximate surface area is 196 Å². The summed E-state index contributed by atoms with van der Waals surface area (Å²) in [6.45, 7) is 2.95. The van der Waals surface area contributed by atoms with Crippen molar-refractivity contribution in [2.24, 2.45) is 0 Å². The van der Waals surface area contributed by atoms with Gasteiger partial charge in [-0.1, -0.05) is 37.3 Å². The Morgan fingerprint density at radius 1 is 1.00 bits per heavy atom. The average Bonchev–Trinajstić information content (AvgIpc) is 3.30. The molecule has 1 saturated heterocycles. The number of hydrogen-bond donors (Lipinski definition) is 0. The summed E-state index contributed by atoms with van der Waals surface area (Å²) in [4.78, 5) is 29.3. The van der Waals surface area contributed by atoms with E-state index < -0.39 is 4.87 Å². The van der Waals surface area contributed by atoms with Crippen molar-refractivity contribution < 1.29 is 18.7 Å². The van der Waals surface area contributed by atoms with Gasteiger partial charge in [-0.05, 0) is 54.4 Å². The molecule has 3 aromatic rings. The van der Waals surface area contributed by atoms with Gasteiger partial charge in [0.15, 0.2) is 0 Å². The molecule has 1 spiro atoms. The molecule has 1 atom stereocenters. The van der Waals surface area contributed by atoms with Crippen LogP contribution in [-0.2, 0) is 21.0 Å². The molecule has 0 radical (unpaired) electrons. The molecule has 1 unspecified atom stereocenters. The highest BCUT2D eigenvalue weighted by Gasteiger charge is 2.60. The summed E-state index contributed by atoms with van der Waals surface area (Å²) in [5.41, 5.74) is 3.02. The van der Waals surface area contributed by atoms with Crippen LogP contribution in [0.15, 0.2) is 72.8 Å². The van der Waals surface area contributed by atoms with Crippen LogP contribution in [0.4, 0.5) is 15.8 Å². The molecule has 2 aliphatic heterocycles. The molecular weight excluding hydrogens is 439 g/mol. The number of benzene rings is 3. The fourth-order valence-corrected chi connectivity index (χ4v) is 5.76. The van der Waals surface area contributed by atoms with Gasteiger partial charge in [0.2, 0.25) is 10.8 Å². The third-order valence-corrected chi connectivity index (χ3v) is 7.27. The molecule has 2 aliphatic rings. The first-order chi connectivity index (χ1) is 16.0. The van der Waals surface area contributed by atoms with Crippen LogP contribution < -0.4 is 14.5 Å². The van der Waals surface area contributed by atoms with Gasteiger partial charge >= 0.3 is 0 Å². The third-order valence-electron chi connectivity index (χ3n) is 5.89. The van der Waals surface area contributed by atoms with Crippen LogP contribution in [0.1, 0.15) is 24.5 Å². The quantitative estimate of drug-likeness (QED) is 0.512.